The summed E-state index contributed by atoms with van der Waals surface area (Å²) in [5.41, 5.74) is 1.33. The van der Waals surface area contributed by atoms with E-state index >= 15 is 0 Å². The molecule has 0 fully saturated rings. The van der Waals surface area contributed by atoms with Gasteiger partial charge in [0.1, 0.15) is 0 Å². The molecule has 0 aromatic heterocycles. The number of aromatic hydroxyl groups is 1. The molecule has 4 nitrogen and oxygen atoms in total. The highest BCUT2D eigenvalue weighted by atomic mass is 79.9. The minimum atomic E-state index is -0.560. The number of rotatable bonds is 4. The number of nitro groups is 1. The number of hydrogen-bond donors (Lipinski definition) is 1. The molecule has 1 atom stereocenters. The van der Waals surface area contributed by atoms with E-state index in [0.29, 0.717) is 16.8 Å². The highest BCUT2D eigenvalue weighted by Crippen LogP contribution is 2.33. The van der Waals surface area contributed by atoms with Gasteiger partial charge >= 0.3 is 5.69 Å². The molecule has 5 heteroatoms. The summed E-state index contributed by atoms with van der Waals surface area (Å²) in [5, 5.41) is 20.5. The summed E-state index contributed by atoms with van der Waals surface area (Å²) >= 11 is 3.41. The van der Waals surface area contributed by atoms with Crippen LogP contribution in [0.2, 0.25) is 0 Å². The molecule has 1 N–H and O–H groups in total. The van der Waals surface area contributed by atoms with Gasteiger partial charge in [0.2, 0.25) is 0 Å². The fraction of sp³-hybridized carbons (Fsp3) is 0.455. The maximum atomic E-state index is 10.7. The van der Waals surface area contributed by atoms with Gasteiger partial charge in [0.05, 0.1) is 4.92 Å². The van der Waals surface area contributed by atoms with Crippen LogP contribution in [0.4, 0.5) is 5.69 Å². The van der Waals surface area contributed by atoms with E-state index < -0.39 is 4.92 Å². The second-order valence-electron chi connectivity index (χ2n) is 3.81. The molecule has 0 spiro atoms. The van der Waals surface area contributed by atoms with Crippen molar-refractivity contribution < 1.29 is 10.0 Å². The van der Waals surface area contributed by atoms with Gasteiger partial charge in [-0.05, 0) is 25.3 Å². The molecule has 0 aliphatic heterocycles. The molecule has 16 heavy (non-hydrogen) atoms. The SMILES string of the molecule is Cc1ccc([N+](=O)[O-])c(O)c1CCC(C)Br. The predicted octanol–water partition coefficient (Wildman–Crippen LogP) is 3.32. The van der Waals surface area contributed by atoms with Gasteiger partial charge in [-0.2, -0.15) is 0 Å². The van der Waals surface area contributed by atoms with Crippen LogP contribution in [0, 0.1) is 17.0 Å². The van der Waals surface area contributed by atoms with Gasteiger partial charge < -0.3 is 5.11 Å². The summed E-state index contributed by atoms with van der Waals surface area (Å²) in [7, 11) is 0. The zero-order chi connectivity index (χ0) is 12.3. The Morgan fingerprint density at radius 2 is 2.19 bits per heavy atom. The minimum Gasteiger partial charge on any atom is -0.502 e. The second-order valence-corrected chi connectivity index (χ2v) is 5.37. The van der Waals surface area contributed by atoms with Gasteiger partial charge in [-0.15, -0.1) is 0 Å². The van der Waals surface area contributed by atoms with Crippen LogP contribution in [0.1, 0.15) is 24.5 Å². The molecule has 1 rings (SSSR count). The van der Waals surface area contributed by atoms with Crippen LogP contribution in [0.3, 0.4) is 0 Å². The van der Waals surface area contributed by atoms with Crippen LogP contribution < -0.4 is 0 Å². The van der Waals surface area contributed by atoms with E-state index in [4.69, 9.17) is 0 Å². The van der Waals surface area contributed by atoms with E-state index in [1.165, 1.54) is 6.07 Å². The van der Waals surface area contributed by atoms with Crippen molar-refractivity contribution in [2.75, 3.05) is 0 Å². The fourth-order valence-corrected chi connectivity index (χ4v) is 1.76. The number of alkyl halides is 1. The van der Waals surface area contributed by atoms with Gasteiger partial charge in [0.15, 0.2) is 5.75 Å². The smallest absolute Gasteiger partial charge is 0.311 e. The van der Waals surface area contributed by atoms with Gasteiger partial charge in [0.25, 0.3) is 0 Å². The lowest BCUT2D eigenvalue weighted by molar-refractivity contribution is -0.385. The monoisotopic (exact) mass is 287 g/mol. The number of phenolic OH excluding ortho intramolecular Hbond substituents is 1. The fourth-order valence-electron chi connectivity index (χ4n) is 1.53. The van der Waals surface area contributed by atoms with Crippen LogP contribution >= 0.6 is 15.9 Å². The van der Waals surface area contributed by atoms with Crippen molar-refractivity contribution in [2.45, 2.75) is 31.5 Å². The Labute approximate surface area is 103 Å². The molecule has 0 amide bonds. The lowest BCUT2D eigenvalue weighted by atomic mass is 10.0. The largest absolute Gasteiger partial charge is 0.502 e. The van der Waals surface area contributed by atoms with Crippen molar-refractivity contribution in [2.24, 2.45) is 0 Å². The van der Waals surface area contributed by atoms with E-state index in [9.17, 15) is 15.2 Å². The quantitative estimate of drug-likeness (QED) is 0.525. The summed E-state index contributed by atoms with van der Waals surface area (Å²) in [6.07, 6.45) is 1.46. The van der Waals surface area contributed by atoms with Crippen LogP contribution in [0.15, 0.2) is 12.1 Å². The summed E-state index contributed by atoms with van der Waals surface area (Å²) in [6.45, 7) is 3.85. The average molecular weight is 288 g/mol. The van der Waals surface area contributed by atoms with Crippen molar-refractivity contribution in [1.29, 1.82) is 0 Å². The first-order valence-electron chi connectivity index (χ1n) is 5.03. The molecule has 1 aromatic rings. The van der Waals surface area contributed by atoms with Gasteiger partial charge in [-0.3, -0.25) is 10.1 Å². The summed E-state index contributed by atoms with van der Waals surface area (Å²) < 4.78 is 0. The van der Waals surface area contributed by atoms with Crippen molar-refractivity contribution in [3.05, 3.63) is 33.4 Å². The van der Waals surface area contributed by atoms with Crippen LogP contribution in [-0.4, -0.2) is 14.9 Å². The van der Waals surface area contributed by atoms with E-state index in [0.717, 1.165) is 12.0 Å². The minimum absolute atomic E-state index is 0.196. The molecule has 0 aliphatic rings. The lowest BCUT2D eigenvalue weighted by Crippen LogP contribution is -1.99. The van der Waals surface area contributed by atoms with Crippen molar-refractivity contribution in [3.8, 4) is 5.75 Å². The first-order chi connectivity index (χ1) is 7.43. The van der Waals surface area contributed by atoms with Crippen molar-refractivity contribution in [3.63, 3.8) is 0 Å². The molecule has 0 aliphatic carbocycles. The highest BCUT2D eigenvalue weighted by Gasteiger charge is 2.18. The Kier molecular flexibility index (Phi) is 4.29. The van der Waals surface area contributed by atoms with Crippen molar-refractivity contribution >= 4 is 21.6 Å². The Balaban J connectivity index is 3.06. The maximum Gasteiger partial charge on any atom is 0.311 e. The predicted molar refractivity (Wildman–Crippen MR) is 66.2 cm³/mol. The lowest BCUT2D eigenvalue weighted by Gasteiger charge is -2.09. The average Bonchev–Trinajstić information content (AvgIpc) is 2.16. The Hall–Kier alpha value is -1.10. The standard InChI is InChI=1S/C11H14BrNO3/c1-7-3-6-10(13(15)16)11(14)9(7)5-4-8(2)12/h3,6,8,14H,4-5H2,1-2H3. The van der Waals surface area contributed by atoms with E-state index in [1.54, 1.807) is 6.07 Å². The third kappa shape index (κ3) is 2.95. The van der Waals surface area contributed by atoms with Crippen LogP contribution in [-0.2, 0) is 6.42 Å². The molecule has 1 unspecified atom stereocenters. The third-order valence-electron chi connectivity index (χ3n) is 2.48. The number of hydrogen-bond acceptors (Lipinski definition) is 3. The first-order valence-corrected chi connectivity index (χ1v) is 5.95. The Bertz CT molecular complexity index is 404. The zero-order valence-electron chi connectivity index (χ0n) is 9.24. The van der Waals surface area contributed by atoms with E-state index in [1.807, 2.05) is 13.8 Å². The summed E-state index contributed by atoms with van der Waals surface area (Å²) in [4.78, 5) is 10.4. The number of benzene rings is 1. The highest BCUT2D eigenvalue weighted by molar-refractivity contribution is 9.09. The first kappa shape index (κ1) is 13.0. The van der Waals surface area contributed by atoms with Crippen LogP contribution in [0.5, 0.6) is 5.75 Å². The number of aryl methyl sites for hydroxylation is 1. The molecular weight excluding hydrogens is 274 g/mol. The van der Waals surface area contributed by atoms with Gasteiger partial charge in [0, 0.05) is 16.5 Å². The number of nitrogens with zero attached hydrogens (tertiary/aromatic N) is 1. The molecule has 0 heterocycles. The molecule has 0 radical (unpaired) electrons. The zero-order valence-corrected chi connectivity index (χ0v) is 10.8. The van der Waals surface area contributed by atoms with E-state index in [-0.39, 0.29) is 11.4 Å². The molecule has 0 saturated carbocycles. The van der Waals surface area contributed by atoms with Gasteiger partial charge in [-0.1, -0.05) is 28.9 Å². The second kappa shape index (κ2) is 5.30. The van der Waals surface area contributed by atoms with Gasteiger partial charge in [-0.25, -0.2) is 0 Å². The molecule has 0 bridgehead atoms. The molecule has 88 valence electrons. The Morgan fingerprint density at radius 3 is 2.69 bits per heavy atom. The van der Waals surface area contributed by atoms with E-state index in [2.05, 4.69) is 15.9 Å². The number of halogens is 1. The Morgan fingerprint density at radius 1 is 1.56 bits per heavy atom. The number of phenols is 1. The summed E-state index contributed by atoms with van der Waals surface area (Å²) in [6, 6.07) is 3.01. The topological polar surface area (TPSA) is 63.4 Å². The third-order valence-corrected chi connectivity index (χ3v) is 2.94. The molecule has 1 aromatic carbocycles. The molecular formula is C11H14BrNO3. The number of nitro benzene ring substituents is 1. The van der Waals surface area contributed by atoms with Crippen molar-refractivity contribution in [1.82, 2.24) is 0 Å². The summed E-state index contributed by atoms with van der Waals surface area (Å²) in [5.74, 6) is -0.196. The maximum absolute atomic E-state index is 10.7. The van der Waals surface area contributed by atoms with Crippen LogP contribution in [0.25, 0.3) is 0 Å². The normalized spacial score (nSPS) is 12.4. The molecule has 0 saturated heterocycles.